The highest BCUT2D eigenvalue weighted by Gasteiger charge is 2.08. The zero-order valence-corrected chi connectivity index (χ0v) is 11.2. The second-order valence-electron chi connectivity index (χ2n) is 3.81. The maximum atomic E-state index is 6.17. The first-order valence-corrected chi connectivity index (χ1v) is 6.20. The molecule has 0 aliphatic rings. The predicted molar refractivity (Wildman–Crippen MR) is 73.2 cm³/mol. The maximum absolute atomic E-state index is 6.17. The molecule has 1 aromatic heterocycles. The molecule has 0 bridgehead atoms. The number of ether oxygens (including phenoxy) is 1. The largest absolute Gasteiger partial charge is 0.496 e. The van der Waals surface area contributed by atoms with Crippen LogP contribution in [0.15, 0.2) is 30.6 Å². The zero-order chi connectivity index (χ0) is 13.0. The number of nitrogens with zero attached hydrogens (tertiary/aromatic N) is 2. The Labute approximate surface area is 112 Å². The summed E-state index contributed by atoms with van der Waals surface area (Å²) >= 11 is 6.17. The molecule has 2 aromatic rings. The van der Waals surface area contributed by atoms with Crippen molar-refractivity contribution in [3.05, 3.63) is 41.2 Å². The maximum Gasteiger partial charge on any atom is 0.203 e. The number of imidazole rings is 1. The van der Waals surface area contributed by atoms with Crippen molar-refractivity contribution in [1.29, 1.82) is 0 Å². The second-order valence-corrected chi connectivity index (χ2v) is 4.22. The molecule has 1 N–H and O–H groups in total. The highest BCUT2D eigenvalue weighted by molar-refractivity contribution is 6.31. The fourth-order valence-corrected chi connectivity index (χ4v) is 2.03. The van der Waals surface area contributed by atoms with Gasteiger partial charge in [0.25, 0.3) is 0 Å². The number of halogens is 1. The van der Waals surface area contributed by atoms with Crippen LogP contribution in [0.3, 0.4) is 0 Å². The number of anilines is 1. The third-order valence-corrected chi connectivity index (χ3v) is 3.13. The van der Waals surface area contributed by atoms with Crippen molar-refractivity contribution in [1.82, 2.24) is 9.55 Å². The minimum Gasteiger partial charge on any atom is -0.496 e. The molecular weight excluding hydrogens is 250 g/mol. The van der Waals surface area contributed by atoms with E-state index in [0.29, 0.717) is 11.6 Å². The molecule has 1 heterocycles. The molecule has 0 aliphatic heterocycles. The summed E-state index contributed by atoms with van der Waals surface area (Å²) in [7, 11) is 1.64. The van der Waals surface area contributed by atoms with Gasteiger partial charge in [0.05, 0.1) is 7.11 Å². The molecule has 0 saturated carbocycles. The van der Waals surface area contributed by atoms with E-state index >= 15 is 0 Å². The third-order valence-electron chi connectivity index (χ3n) is 2.78. The van der Waals surface area contributed by atoms with E-state index in [0.717, 1.165) is 23.8 Å². The monoisotopic (exact) mass is 265 g/mol. The van der Waals surface area contributed by atoms with Crippen molar-refractivity contribution < 1.29 is 4.74 Å². The molecule has 4 nitrogen and oxygen atoms in total. The second kappa shape index (κ2) is 5.78. The van der Waals surface area contributed by atoms with Crippen molar-refractivity contribution in [2.75, 3.05) is 12.4 Å². The number of methoxy groups -OCH3 is 1. The molecule has 0 radical (unpaired) electrons. The van der Waals surface area contributed by atoms with Gasteiger partial charge in [0.2, 0.25) is 5.95 Å². The quantitative estimate of drug-likeness (QED) is 0.903. The van der Waals surface area contributed by atoms with Gasteiger partial charge >= 0.3 is 0 Å². The van der Waals surface area contributed by atoms with Crippen LogP contribution in [0.4, 0.5) is 5.95 Å². The molecule has 0 aliphatic carbocycles. The van der Waals surface area contributed by atoms with E-state index in [1.54, 1.807) is 13.3 Å². The van der Waals surface area contributed by atoms with Gasteiger partial charge in [-0.3, -0.25) is 0 Å². The summed E-state index contributed by atoms with van der Waals surface area (Å²) in [6, 6.07) is 5.63. The van der Waals surface area contributed by atoms with E-state index < -0.39 is 0 Å². The molecule has 0 amide bonds. The number of hydrogen-bond acceptors (Lipinski definition) is 3. The zero-order valence-electron chi connectivity index (χ0n) is 10.5. The van der Waals surface area contributed by atoms with Crippen LogP contribution in [-0.4, -0.2) is 16.7 Å². The Morgan fingerprint density at radius 1 is 1.44 bits per heavy atom. The van der Waals surface area contributed by atoms with E-state index in [1.165, 1.54) is 0 Å². The van der Waals surface area contributed by atoms with Gasteiger partial charge < -0.3 is 14.6 Å². The number of benzene rings is 1. The van der Waals surface area contributed by atoms with Gasteiger partial charge in [0, 0.05) is 36.1 Å². The van der Waals surface area contributed by atoms with Crippen molar-refractivity contribution in [3.63, 3.8) is 0 Å². The lowest BCUT2D eigenvalue weighted by molar-refractivity contribution is 0.410. The topological polar surface area (TPSA) is 39.1 Å². The molecule has 96 valence electrons. The summed E-state index contributed by atoms with van der Waals surface area (Å²) in [5.41, 5.74) is 0.937. The summed E-state index contributed by atoms with van der Waals surface area (Å²) in [5, 5.41) is 3.95. The smallest absolute Gasteiger partial charge is 0.203 e. The Kier molecular flexibility index (Phi) is 4.10. The van der Waals surface area contributed by atoms with Gasteiger partial charge in [-0.1, -0.05) is 17.7 Å². The summed E-state index contributed by atoms with van der Waals surface area (Å²) in [6.07, 6.45) is 3.71. The van der Waals surface area contributed by atoms with Crippen LogP contribution in [0.25, 0.3) is 0 Å². The fraction of sp³-hybridized carbons (Fsp3) is 0.308. The lowest BCUT2D eigenvalue weighted by atomic mass is 10.2. The molecule has 0 saturated heterocycles. The van der Waals surface area contributed by atoms with Gasteiger partial charge in [0.1, 0.15) is 5.75 Å². The van der Waals surface area contributed by atoms with Crippen LogP contribution in [-0.2, 0) is 13.1 Å². The van der Waals surface area contributed by atoms with E-state index in [1.807, 2.05) is 29.0 Å². The summed E-state index contributed by atoms with van der Waals surface area (Å²) in [5.74, 6) is 1.61. The van der Waals surface area contributed by atoms with Gasteiger partial charge in [-0.05, 0) is 19.1 Å². The standard InChI is InChI=1S/C13H16ClN3O/c1-3-17-8-7-15-13(17)16-9-10-11(14)5-4-6-12(10)18-2/h4-8H,3,9H2,1-2H3,(H,15,16). The van der Waals surface area contributed by atoms with Crippen LogP contribution in [0.1, 0.15) is 12.5 Å². The van der Waals surface area contributed by atoms with Crippen molar-refractivity contribution >= 4 is 17.5 Å². The van der Waals surface area contributed by atoms with Gasteiger partial charge in [-0.2, -0.15) is 0 Å². The molecule has 1 aromatic carbocycles. The Bertz CT molecular complexity index is 525. The van der Waals surface area contributed by atoms with Crippen LogP contribution in [0, 0.1) is 0 Å². The highest BCUT2D eigenvalue weighted by Crippen LogP contribution is 2.26. The number of hydrogen-bond donors (Lipinski definition) is 1. The van der Waals surface area contributed by atoms with Crippen molar-refractivity contribution in [3.8, 4) is 5.75 Å². The highest BCUT2D eigenvalue weighted by atomic mass is 35.5. The van der Waals surface area contributed by atoms with Gasteiger partial charge in [0.15, 0.2) is 0 Å². The van der Waals surface area contributed by atoms with E-state index in [-0.39, 0.29) is 0 Å². The van der Waals surface area contributed by atoms with Gasteiger partial charge in [-0.25, -0.2) is 4.98 Å². The van der Waals surface area contributed by atoms with Crippen LogP contribution in [0.2, 0.25) is 5.02 Å². The van der Waals surface area contributed by atoms with Gasteiger partial charge in [-0.15, -0.1) is 0 Å². The number of aromatic nitrogens is 2. The van der Waals surface area contributed by atoms with Crippen LogP contribution in [0.5, 0.6) is 5.75 Å². The minimum atomic E-state index is 0.583. The van der Waals surface area contributed by atoms with Crippen molar-refractivity contribution in [2.24, 2.45) is 0 Å². The molecule has 2 rings (SSSR count). The number of rotatable bonds is 5. The van der Waals surface area contributed by atoms with Crippen LogP contribution < -0.4 is 10.1 Å². The molecule has 18 heavy (non-hydrogen) atoms. The normalized spacial score (nSPS) is 10.4. The first kappa shape index (κ1) is 12.8. The molecule has 0 fully saturated rings. The van der Waals surface area contributed by atoms with E-state index in [2.05, 4.69) is 17.2 Å². The summed E-state index contributed by atoms with van der Waals surface area (Å²) < 4.78 is 7.33. The average molecular weight is 266 g/mol. The third kappa shape index (κ3) is 2.59. The summed E-state index contributed by atoms with van der Waals surface area (Å²) in [4.78, 5) is 4.26. The molecule has 5 heteroatoms. The average Bonchev–Trinajstić information content (AvgIpc) is 2.84. The fourth-order valence-electron chi connectivity index (χ4n) is 1.80. The first-order chi connectivity index (χ1) is 8.76. The first-order valence-electron chi connectivity index (χ1n) is 5.82. The lowest BCUT2D eigenvalue weighted by Gasteiger charge is -2.12. The predicted octanol–water partition coefficient (Wildman–Crippen LogP) is 3.18. The number of nitrogens with one attached hydrogen (secondary N) is 1. The molecule has 0 atom stereocenters. The SMILES string of the molecule is CCn1ccnc1NCc1c(Cl)cccc1OC. The Morgan fingerprint density at radius 3 is 3.00 bits per heavy atom. The minimum absolute atomic E-state index is 0.583. The Morgan fingerprint density at radius 2 is 2.28 bits per heavy atom. The molecule has 0 spiro atoms. The van der Waals surface area contributed by atoms with E-state index in [4.69, 9.17) is 16.3 Å². The van der Waals surface area contributed by atoms with Crippen molar-refractivity contribution in [2.45, 2.75) is 20.0 Å². The molecular formula is C13H16ClN3O. The van der Waals surface area contributed by atoms with Crippen LogP contribution >= 0.6 is 11.6 Å². The summed E-state index contributed by atoms with van der Waals surface area (Å²) in [6.45, 7) is 3.53. The Hall–Kier alpha value is -1.68. The lowest BCUT2D eigenvalue weighted by Crippen LogP contribution is -2.07. The molecule has 0 unspecified atom stereocenters. The Balaban J connectivity index is 2.15. The number of aryl methyl sites for hydroxylation is 1. The van der Waals surface area contributed by atoms with E-state index in [9.17, 15) is 0 Å².